The Hall–Kier alpha value is -1.84. The van der Waals surface area contributed by atoms with Crippen LogP contribution >= 0.6 is 0 Å². The summed E-state index contributed by atoms with van der Waals surface area (Å²) in [5.41, 5.74) is 1.31. The smallest absolute Gasteiger partial charge is 0.235 e. The molecule has 1 saturated carbocycles. The number of nitrogens with zero attached hydrogens (tertiary/aromatic N) is 1. The summed E-state index contributed by atoms with van der Waals surface area (Å²) >= 11 is 0. The number of carbonyl (C=O) groups excluding carboxylic acids is 1. The molecule has 0 atom stereocenters. The molecule has 1 aromatic rings. The van der Waals surface area contributed by atoms with Crippen LogP contribution in [0.25, 0.3) is 0 Å². The molecular formula is C16H21NO4. The molecular weight excluding hydrogens is 270 g/mol. The van der Waals surface area contributed by atoms with E-state index in [4.69, 9.17) is 14.2 Å². The molecule has 5 heteroatoms. The predicted octanol–water partition coefficient (Wildman–Crippen LogP) is 2.96. The molecule has 0 radical (unpaired) electrons. The van der Waals surface area contributed by atoms with Crippen LogP contribution in [0.1, 0.15) is 36.8 Å². The first-order chi connectivity index (χ1) is 10.2. The fourth-order valence-electron chi connectivity index (χ4n) is 3.09. The van der Waals surface area contributed by atoms with Crippen molar-refractivity contribution in [2.45, 2.75) is 37.8 Å². The SMILES string of the molecule is COCc1cc(C2(N=C=O)CCCC2)c(OC)cc1OC. The Morgan fingerprint density at radius 2 is 1.81 bits per heavy atom. The Balaban J connectivity index is 2.59. The lowest BCUT2D eigenvalue weighted by Crippen LogP contribution is -2.20. The standard InChI is InChI=1S/C16H21NO4/c1-19-10-12-8-13(15(21-3)9-14(12)20-2)16(17-11-18)6-4-5-7-16/h8-9H,4-7,10H2,1-3H3. The van der Waals surface area contributed by atoms with E-state index >= 15 is 0 Å². The van der Waals surface area contributed by atoms with Gasteiger partial charge in [0, 0.05) is 24.3 Å². The molecule has 5 nitrogen and oxygen atoms in total. The Labute approximate surface area is 124 Å². The van der Waals surface area contributed by atoms with Gasteiger partial charge in [-0.3, -0.25) is 0 Å². The van der Waals surface area contributed by atoms with Gasteiger partial charge in [0.15, 0.2) is 0 Å². The third-order valence-electron chi connectivity index (χ3n) is 4.09. The first-order valence-corrected chi connectivity index (χ1v) is 7.04. The molecule has 1 aromatic carbocycles. The number of isocyanates is 1. The highest BCUT2D eigenvalue weighted by molar-refractivity contribution is 5.51. The van der Waals surface area contributed by atoms with Crippen LogP contribution < -0.4 is 9.47 Å². The second-order valence-corrected chi connectivity index (χ2v) is 5.24. The first-order valence-electron chi connectivity index (χ1n) is 7.04. The summed E-state index contributed by atoms with van der Waals surface area (Å²) in [6.07, 6.45) is 5.48. The molecule has 1 aliphatic rings. The van der Waals surface area contributed by atoms with E-state index < -0.39 is 5.54 Å². The highest BCUT2D eigenvalue weighted by Crippen LogP contribution is 2.47. The van der Waals surface area contributed by atoms with Crippen molar-refractivity contribution in [3.63, 3.8) is 0 Å². The zero-order valence-electron chi connectivity index (χ0n) is 12.8. The number of methoxy groups -OCH3 is 3. The summed E-state index contributed by atoms with van der Waals surface area (Å²) in [5, 5.41) is 0. The Morgan fingerprint density at radius 3 is 2.33 bits per heavy atom. The quantitative estimate of drug-likeness (QED) is 0.597. The molecule has 0 aliphatic heterocycles. The van der Waals surface area contributed by atoms with E-state index in [2.05, 4.69) is 4.99 Å². The number of ether oxygens (including phenoxy) is 3. The third-order valence-corrected chi connectivity index (χ3v) is 4.09. The number of benzene rings is 1. The molecule has 2 rings (SSSR count). The summed E-state index contributed by atoms with van der Waals surface area (Å²) in [6, 6.07) is 3.82. The van der Waals surface area contributed by atoms with Crippen LogP contribution in [-0.4, -0.2) is 27.4 Å². The Bertz CT molecular complexity index is 543. The van der Waals surface area contributed by atoms with Crippen LogP contribution in [-0.2, 0) is 21.7 Å². The van der Waals surface area contributed by atoms with Crippen molar-refractivity contribution < 1.29 is 19.0 Å². The van der Waals surface area contributed by atoms with E-state index in [-0.39, 0.29) is 0 Å². The normalized spacial score (nSPS) is 16.3. The average Bonchev–Trinajstić information content (AvgIpc) is 2.97. The van der Waals surface area contributed by atoms with Crippen LogP contribution in [0.4, 0.5) is 0 Å². The maximum Gasteiger partial charge on any atom is 0.235 e. The summed E-state index contributed by atoms with van der Waals surface area (Å²) < 4.78 is 16.1. The molecule has 0 bridgehead atoms. The summed E-state index contributed by atoms with van der Waals surface area (Å²) in [7, 11) is 4.86. The van der Waals surface area contributed by atoms with Crippen LogP contribution in [0.3, 0.4) is 0 Å². The topological polar surface area (TPSA) is 57.1 Å². The summed E-state index contributed by atoms with van der Waals surface area (Å²) in [6.45, 7) is 0.432. The molecule has 1 aliphatic carbocycles. The van der Waals surface area contributed by atoms with E-state index in [0.717, 1.165) is 36.8 Å². The highest BCUT2D eigenvalue weighted by Gasteiger charge is 2.38. The Morgan fingerprint density at radius 1 is 1.14 bits per heavy atom. The van der Waals surface area contributed by atoms with Crippen molar-refractivity contribution in [1.82, 2.24) is 0 Å². The Kier molecular flexibility index (Phi) is 4.99. The number of hydrogen-bond donors (Lipinski definition) is 0. The molecule has 1 fully saturated rings. The number of aliphatic imine (C=N–C) groups is 1. The van der Waals surface area contributed by atoms with Crippen LogP contribution in [0, 0.1) is 0 Å². The van der Waals surface area contributed by atoms with E-state index in [1.165, 1.54) is 0 Å². The summed E-state index contributed by atoms with van der Waals surface area (Å²) in [5.74, 6) is 1.40. The zero-order valence-corrected chi connectivity index (χ0v) is 12.8. The van der Waals surface area contributed by atoms with Crippen LogP contribution in [0.5, 0.6) is 11.5 Å². The van der Waals surface area contributed by atoms with Gasteiger partial charge in [-0.15, -0.1) is 0 Å². The lowest BCUT2D eigenvalue weighted by atomic mass is 9.87. The minimum Gasteiger partial charge on any atom is -0.496 e. The summed E-state index contributed by atoms with van der Waals surface area (Å²) in [4.78, 5) is 15.0. The van der Waals surface area contributed by atoms with E-state index in [9.17, 15) is 4.79 Å². The van der Waals surface area contributed by atoms with E-state index in [1.54, 1.807) is 27.4 Å². The lowest BCUT2D eigenvalue weighted by Gasteiger charge is -2.26. The zero-order chi connectivity index (χ0) is 15.3. The molecule has 0 spiro atoms. The minimum atomic E-state index is -0.526. The molecule has 0 unspecified atom stereocenters. The van der Waals surface area contributed by atoms with Crippen molar-refractivity contribution in [3.05, 3.63) is 23.3 Å². The average molecular weight is 291 g/mol. The third kappa shape index (κ3) is 2.94. The van der Waals surface area contributed by atoms with Gasteiger partial charge < -0.3 is 14.2 Å². The van der Waals surface area contributed by atoms with E-state index in [0.29, 0.717) is 18.1 Å². The van der Waals surface area contributed by atoms with Gasteiger partial charge in [-0.05, 0) is 18.9 Å². The van der Waals surface area contributed by atoms with Crippen LogP contribution in [0.15, 0.2) is 17.1 Å². The van der Waals surface area contributed by atoms with Crippen molar-refractivity contribution >= 4 is 6.08 Å². The predicted molar refractivity (Wildman–Crippen MR) is 78.5 cm³/mol. The highest BCUT2D eigenvalue weighted by atomic mass is 16.5. The fourth-order valence-corrected chi connectivity index (χ4v) is 3.09. The van der Waals surface area contributed by atoms with Gasteiger partial charge in [-0.1, -0.05) is 12.8 Å². The monoisotopic (exact) mass is 291 g/mol. The molecule has 0 saturated heterocycles. The van der Waals surface area contributed by atoms with Gasteiger partial charge in [0.1, 0.15) is 17.0 Å². The van der Waals surface area contributed by atoms with Crippen LogP contribution in [0.2, 0.25) is 0 Å². The lowest BCUT2D eigenvalue weighted by molar-refractivity contribution is 0.181. The second kappa shape index (κ2) is 6.74. The van der Waals surface area contributed by atoms with Gasteiger partial charge in [-0.2, -0.15) is 4.99 Å². The van der Waals surface area contributed by atoms with Gasteiger partial charge in [0.25, 0.3) is 0 Å². The maximum absolute atomic E-state index is 10.9. The van der Waals surface area contributed by atoms with E-state index in [1.807, 2.05) is 12.1 Å². The molecule has 0 amide bonds. The molecule has 0 N–H and O–H groups in total. The van der Waals surface area contributed by atoms with Crippen molar-refractivity contribution in [2.24, 2.45) is 4.99 Å². The molecule has 0 aromatic heterocycles. The second-order valence-electron chi connectivity index (χ2n) is 5.24. The number of rotatable bonds is 6. The van der Waals surface area contributed by atoms with Crippen molar-refractivity contribution in [2.75, 3.05) is 21.3 Å². The molecule has 0 heterocycles. The van der Waals surface area contributed by atoms with Crippen molar-refractivity contribution in [1.29, 1.82) is 0 Å². The molecule has 21 heavy (non-hydrogen) atoms. The van der Waals surface area contributed by atoms with Gasteiger partial charge in [0.2, 0.25) is 6.08 Å². The van der Waals surface area contributed by atoms with Gasteiger partial charge >= 0.3 is 0 Å². The number of hydrogen-bond acceptors (Lipinski definition) is 5. The van der Waals surface area contributed by atoms with Gasteiger partial charge in [-0.25, -0.2) is 4.79 Å². The van der Waals surface area contributed by atoms with Gasteiger partial charge in [0.05, 0.1) is 20.8 Å². The van der Waals surface area contributed by atoms with Crippen molar-refractivity contribution in [3.8, 4) is 11.5 Å². The largest absolute Gasteiger partial charge is 0.496 e. The maximum atomic E-state index is 10.9. The fraction of sp³-hybridized carbons (Fsp3) is 0.562. The first kappa shape index (κ1) is 15.5. The molecule has 114 valence electrons. The minimum absolute atomic E-state index is 0.432.